The molecule has 1 saturated heterocycles. The molecule has 0 aliphatic carbocycles. The Kier molecular flexibility index (Phi) is 8.41. The number of hydrogen-bond acceptors (Lipinski definition) is 2. The van der Waals surface area contributed by atoms with E-state index in [4.69, 9.17) is 4.74 Å². The molecule has 1 atom stereocenters. The van der Waals surface area contributed by atoms with E-state index in [2.05, 4.69) is 0 Å². The Bertz CT molecular complexity index is 176. The number of hydrogen-bond donors (Lipinski definition) is 0. The second-order valence-corrected chi connectivity index (χ2v) is 4.01. The summed E-state index contributed by atoms with van der Waals surface area (Å²) in [6, 6.07) is 0. The molecule has 0 saturated carbocycles. The zero-order valence-electron chi connectivity index (χ0n) is 9.39. The van der Waals surface area contributed by atoms with Crippen molar-refractivity contribution in [3.63, 3.8) is 0 Å². The van der Waals surface area contributed by atoms with Crippen molar-refractivity contribution in [2.45, 2.75) is 12.8 Å². The zero-order chi connectivity index (χ0) is 10.6. The van der Waals surface area contributed by atoms with Gasteiger partial charge in [0, 0.05) is 6.61 Å². The fourth-order valence-corrected chi connectivity index (χ4v) is 1.82. The van der Waals surface area contributed by atoms with E-state index in [9.17, 15) is 12.9 Å². The monoisotopic (exact) mass is 249 g/mol. The Hall–Kier alpha value is 1.41. The molecule has 1 aliphatic rings. The van der Waals surface area contributed by atoms with Gasteiger partial charge in [-0.15, -0.1) is 0 Å². The van der Waals surface area contributed by atoms with Crippen molar-refractivity contribution in [2.24, 2.45) is 5.92 Å². The Morgan fingerprint density at radius 3 is 2.53 bits per heavy atom. The molecule has 1 unspecified atom stereocenters. The Balaban J connectivity index is 0.00000196. The number of nitrogens with zero attached hydrogens (tertiary/aromatic N) is 1. The molecule has 0 bridgehead atoms. The van der Waals surface area contributed by atoms with Crippen LogP contribution in [0.4, 0.5) is 12.9 Å². The van der Waals surface area contributed by atoms with Gasteiger partial charge in [0.25, 0.3) is 0 Å². The Morgan fingerprint density at radius 1 is 1.40 bits per heavy atom. The summed E-state index contributed by atoms with van der Waals surface area (Å²) < 4.78 is 41.4. The fraction of sp³-hybridized carbons (Fsp3) is 1.00. The molecule has 0 spiro atoms. The van der Waals surface area contributed by atoms with Crippen LogP contribution in [0.5, 0.6) is 0 Å². The zero-order valence-corrected chi connectivity index (χ0v) is 12.5. The van der Waals surface area contributed by atoms with E-state index in [1.807, 2.05) is 0 Å². The predicted octanol–water partition coefficient (Wildman–Crippen LogP) is -1.26. The van der Waals surface area contributed by atoms with E-state index in [1.54, 1.807) is 0 Å². The summed E-state index contributed by atoms with van der Waals surface area (Å²) in [7, 11) is 1.52. The normalized spacial score (nSPS) is 22.6. The van der Waals surface area contributed by atoms with Crippen molar-refractivity contribution in [2.75, 3.05) is 33.3 Å². The number of ether oxygens (including phenoxy) is 1. The van der Waals surface area contributed by atoms with E-state index in [0.29, 0.717) is 13.2 Å². The topological polar surface area (TPSA) is 12.5 Å². The van der Waals surface area contributed by atoms with Gasteiger partial charge in [-0.1, -0.05) is 0 Å². The van der Waals surface area contributed by atoms with Crippen molar-refractivity contribution in [3.8, 4) is 0 Å². The molecule has 15 heavy (non-hydrogen) atoms. The summed E-state index contributed by atoms with van der Waals surface area (Å²) in [4.78, 5) is 1.35. The van der Waals surface area contributed by atoms with Gasteiger partial charge in [-0.3, -0.25) is 0 Å². The first-order valence-electron chi connectivity index (χ1n) is 4.94. The maximum Gasteiger partial charge on any atom is 1.00 e. The first kappa shape index (κ1) is 16.4. The molecule has 0 aromatic rings. The van der Waals surface area contributed by atoms with Gasteiger partial charge in [-0.2, -0.15) is 0 Å². The van der Waals surface area contributed by atoms with Gasteiger partial charge in [-0.25, -0.2) is 0 Å². The van der Waals surface area contributed by atoms with Crippen molar-refractivity contribution < 1.29 is 69.1 Å². The molecular weight excluding hydrogens is 233 g/mol. The van der Waals surface area contributed by atoms with Crippen LogP contribution >= 0.6 is 0 Å². The maximum atomic E-state index is 12.0. The average molecular weight is 249 g/mol. The van der Waals surface area contributed by atoms with Crippen LogP contribution in [0.2, 0.25) is 0 Å². The van der Waals surface area contributed by atoms with E-state index in [-0.39, 0.29) is 57.3 Å². The van der Waals surface area contributed by atoms with Crippen LogP contribution in [0, 0.1) is 5.92 Å². The third kappa shape index (κ3) is 8.18. The SMILES string of the molecule is CN(CC1CCCOC1)C[B-](F)(F)F.[K+]. The predicted molar refractivity (Wildman–Crippen MR) is 50.1 cm³/mol. The van der Waals surface area contributed by atoms with Crippen LogP contribution in [-0.2, 0) is 4.74 Å². The second-order valence-electron chi connectivity index (χ2n) is 4.01. The van der Waals surface area contributed by atoms with Crippen LogP contribution in [0.15, 0.2) is 0 Å². The molecular formula is C8H16BF3KNO. The molecule has 0 radical (unpaired) electrons. The summed E-state index contributed by atoms with van der Waals surface area (Å²) in [6.07, 6.45) is 1.18. The molecule has 7 heteroatoms. The van der Waals surface area contributed by atoms with Crippen LogP contribution < -0.4 is 51.4 Å². The van der Waals surface area contributed by atoms with E-state index < -0.39 is 13.4 Å². The first-order chi connectivity index (χ1) is 6.47. The maximum absolute atomic E-state index is 12.0. The summed E-state index contributed by atoms with van der Waals surface area (Å²) in [5.74, 6) is 0.270. The van der Waals surface area contributed by atoms with Crippen LogP contribution in [0.3, 0.4) is 0 Å². The van der Waals surface area contributed by atoms with E-state index in [1.165, 1.54) is 11.9 Å². The van der Waals surface area contributed by atoms with Crippen LogP contribution in [0.25, 0.3) is 0 Å². The van der Waals surface area contributed by atoms with Crippen LogP contribution in [-0.4, -0.2) is 45.1 Å². The Morgan fingerprint density at radius 2 is 2.07 bits per heavy atom. The average Bonchev–Trinajstić information content (AvgIpc) is 2.02. The van der Waals surface area contributed by atoms with Crippen molar-refractivity contribution in [3.05, 3.63) is 0 Å². The van der Waals surface area contributed by atoms with Gasteiger partial charge in [0.2, 0.25) is 0 Å². The van der Waals surface area contributed by atoms with Gasteiger partial charge < -0.3 is 22.6 Å². The van der Waals surface area contributed by atoms with Gasteiger partial charge >= 0.3 is 58.4 Å². The third-order valence-corrected chi connectivity index (χ3v) is 2.34. The first-order valence-corrected chi connectivity index (χ1v) is 4.94. The standard InChI is InChI=1S/C8H16BF3NO.K/c1-13(7-9(10,11)12)5-8-3-2-4-14-6-8;/h8H,2-7H2,1H3;/q-1;+1. The smallest absolute Gasteiger partial charge is 0.448 e. The Labute approximate surface area is 131 Å². The minimum absolute atomic E-state index is 0. The minimum Gasteiger partial charge on any atom is -0.448 e. The molecule has 1 aliphatic heterocycles. The van der Waals surface area contributed by atoms with Crippen molar-refractivity contribution >= 4 is 6.98 Å². The molecule has 0 aromatic carbocycles. The number of halogens is 3. The summed E-state index contributed by atoms with van der Waals surface area (Å²) in [5.41, 5.74) is 0. The van der Waals surface area contributed by atoms with Crippen LogP contribution in [0.1, 0.15) is 12.8 Å². The second kappa shape index (κ2) is 7.68. The van der Waals surface area contributed by atoms with Crippen molar-refractivity contribution in [1.29, 1.82) is 0 Å². The molecule has 2 nitrogen and oxygen atoms in total. The van der Waals surface area contributed by atoms with Crippen molar-refractivity contribution in [1.82, 2.24) is 4.90 Å². The minimum atomic E-state index is -4.69. The molecule has 1 heterocycles. The largest absolute Gasteiger partial charge is 1.00 e. The summed E-state index contributed by atoms with van der Waals surface area (Å²) >= 11 is 0. The third-order valence-electron chi connectivity index (χ3n) is 2.34. The van der Waals surface area contributed by atoms with Gasteiger partial charge in [-0.05, 0) is 38.8 Å². The van der Waals surface area contributed by atoms with E-state index >= 15 is 0 Å². The summed E-state index contributed by atoms with van der Waals surface area (Å²) in [6.45, 7) is -2.84. The van der Waals surface area contributed by atoms with Gasteiger partial charge in [0.15, 0.2) is 0 Å². The molecule has 0 aromatic heterocycles. The van der Waals surface area contributed by atoms with Gasteiger partial charge in [0.05, 0.1) is 6.61 Å². The quantitative estimate of drug-likeness (QED) is 0.576. The molecule has 1 rings (SSSR count). The molecule has 0 amide bonds. The molecule has 1 fully saturated rings. The summed E-state index contributed by atoms with van der Waals surface area (Å²) in [5, 5.41) is 0. The van der Waals surface area contributed by atoms with Gasteiger partial charge in [0.1, 0.15) is 0 Å². The number of rotatable bonds is 4. The molecule has 0 N–H and O–H groups in total. The molecule has 84 valence electrons. The van der Waals surface area contributed by atoms with E-state index in [0.717, 1.165) is 19.4 Å². The fourth-order valence-electron chi connectivity index (χ4n) is 1.82.